The van der Waals surface area contributed by atoms with Crippen molar-refractivity contribution in [3.8, 4) is 0 Å². The molecule has 0 atom stereocenters. The number of ether oxygens (including phenoxy) is 1. The second kappa shape index (κ2) is 4.23. The van der Waals surface area contributed by atoms with E-state index in [0.717, 1.165) is 6.23 Å². The van der Waals surface area contributed by atoms with Crippen LogP contribution in [-0.2, 0) is 28.1 Å². The topological polar surface area (TPSA) is 9.23 Å². The Morgan fingerprint density at radius 2 is 2.33 bits per heavy atom. The maximum absolute atomic E-state index is 4.87. The number of hydrogen-bond acceptors (Lipinski definition) is 1. The van der Waals surface area contributed by atoms with E-state index in [-0.39, 0.29) is 5.43 Å². The summed E-state index contributed by atoms with van der Waals surface area (Å²) in [7, 11) is 1.76. The van der Waals surface area contributed by atoms with Gasteiger partial charge in [-0.15, -0.1) is 0 Å². The summed E-state index contributed by atoms with van der Waals surface area (Å²) in [5.74, 6) is 0. The Morgan fingerprint density at radius 3 is 2.33 bits per heavy atom. The zero-order valence-corrected chi connectivity index (χ0v) is 7.57. The summed E-state index contributed by atoms with van der Waals surface area (Å²) in [5, 5.41) is 0. The quantitative estimate of drug-likeness (QED) is 0.556. The van der Waals surface area contributed by atoms with Gasteiger partial charge >= 0.3 is 53.4 Å². The van der Waals surface area contributed by atoms with Crippen molar-refractivity contribution in [2.24, 2.45) is 0 Å². The molecule has 0 aromatic heterocycles. The molecule has 0 amide bonds. The Bertz CT molecular complexity index is 54.8. The monoisotopic (exact) mass is 178 g/mol. The van der Waals surface area contributed by atoms with Crippen molar-refractivity contribution in [3.63, 3.8) is 0 Å². The third kappa shape index (κ3) is 5.06. The Morgan fingerprint density at radius 1 is 1.83 bits per heavy atom. The molecule has 1 nitrogen and oxygen atoms in total. The summed E-state index contributed by atoms with van der Waals surface area (Å²) >= 11 is 1.66. The fourth-order valence-corrected chi connectivity index (χ4v) is 1.71. The Balaban J connectivity index is 2.83. The van der Waals surface area contributed by atoms with Crippen molar-refractivity contribution in [2.45, 2.75) is 6.55 Å². The van der Waals surface area contributed by atoms with E-state index in [1.165, 1.54) is 0 Å². The Kier molecular flexibility index (Phi) is 4.97. The van der Waals surface area contributed by atoms with E-state index in [4.69, 9.17) is 4.74 Å². The fraction of sp³-hybridized carbons (Fsp3) is 1.00. The molecule has 0 aliphatic rings. The van der Waals surface area contributed by atoms with Gasteiger partial charge in [-0.05, 0) is 0 Å². The fourth-order valence-electron chi connectivity index (χ4n) is 0.217. The summed E-state index contributed by atoms with van der Waals surface area (Å²) in [6.07, 6.45) is 1.02. The molecule has 6 heavy (non-hydrogen) atoms. The molecule has 0 aromatic rings. The van der Waals surface area contributed by atoms with Crippen LogP contribution in [0, 0.1) is 0 Å². The second-order valence-corrected chi connectivity index (χ2v) is 9.36. The molecule has 0 heterocycles. The molecule has 0 unspecified atom stereocenters. The van der Waals surface area contributed by atoms with Gasteiger partial charge in [-0.3, -0.25) is 0 Å². The Labute approximate surface area is 53.5 Å². The standard InChI is InChI=1S/C3H8OSi.Zr/c1-4-3-5-2;/h3H2,1-2H3;/q;+2. The maximum atomic E-state index is 4.87. The molecule has 0 spiro atoms. The zero-order chi connectivity index (χ0) is 4.99. The van der Waals surface area contributed by atoms with Gasteiger partial charge < -0.3 is 0 Å². The number of hydrogen-bond donors (Lipinski definition) is 0. The van der Waals surface area contributed by atoms with E-state index in [1.807, 2.05) is 0 Å². The molecule has 32 valence electrons. The van der Waals surface area contributed by atoms with Crippen molar-refractivity contribution in [2.75, 3.05) is 13.3 Å². The van der Waals surface area contributed by atoms with Gasteiger partial charge in [-0.25, -0.2) is 0 Å². The molecule has 0 N–H and O–H groups in total. The molecule has 0 rings (SSSR count). The second-order valence-electron chi connectivity index (χ2n) is 1.21. The van der Waals surface area contributed by atoms with E-state index in [1.54, 1.807) is 30.4 Å². The summed E-state index contributed by atoms with van der Waals surface area (Å²) in [5.41, 5.74) is -0.0178. The number of rotatable bonds is 2. The first-order chi connectivity index (χ1) is 2.77. The van der Waals surface area contributed by atoms with Crippen LogP contribution < -0.4 is 0 Å². The zero-order valence-electron chi connectivity index (χ0n) is 4.12. The number of methoxy groups -OCH3 is 1. The molecule has 0 radical (unpaired) electrons. The van der Waals surface area contributed by atoms with Crippen LogP contribution in [0.3, 0.4) is 0 Å². The van der Waals surface area contributed by atoms with Crippen molar-refractivity contribution < 1.29 is 28.1 Å². The van der Waals surface area contributed by atoms with Crippen LogP contribution in [0.2, 0.25) is 6.55 Å². The van der Waals surface area contributed by atoms with E-state index in [2.05, 4.69) is 6.55 Å². The van der Waals surface area contributed by atoms with Crippen molar-refractivity contribution in [1.82, 2.24) is 0 Å². The summed E-state index contributed by atoms with van der Waals surface area (Å²) in [6, 6.07) is 0. The van der Waals surface area contributed by atoms with Gasteiger partial charge in [-0.2, -0.15) is 0 Å². The van der Waals surface area contributed by atoms with Crippen LogP contribution in [-0.4, -0.2) is 18.8 Å². The molecule has 3 heteroatoms. The summed E-state index contributed by atoms with van der Waals surface area (Å²) < 4.78 is 4.87. The molecule has 0 bridgehead atoms. The van der Waals surface area contributed by atoms with Gasteiger partial charge in [0.1, 0.15) is 0 Å². The molecule has 0 aromatic carbocycles. The van der Waals surface area contributed by atoms with Crippen LogP contribution in [0.5, 0.6) is 0 Å². The average molecular weight is 179 g/mol. The molecular weight excluding hydrogens is 171 g/mol. The molecule has 0 aliphatic heterocycles. The van der Waals surface area contributed by atoms with E-state index in [9.17, 15) is 0 Å². The van der Waals surface area contributed by atoms with E-state index >= 15 is 0 Å². The first kappa shape index (κ1) is 7.06. The van der Waals surface area contributed by atoms with Gasteiger partial charge in [0.2, 0.25) is 0 Å². The predicted molar refractivity (Wildman–Crippen MR) is 23.5 cm³/mol. The van der Waals surface area contributed by atoms with Crippen LogP contribution in [0.1, 0.15) is 0 Å². The van der Waals surface area contributed by atoms with Crippen LogP contribution >= 0.6 is 0 Å². The third-order valence-electron chi connectivity index (χ3n) is 0.361. The molecule has 0 fully saturated rings. The third-order valence-corrected chi connectivity index (χ3v) is 2.15. The van der Waals surface area contributed by atoms with Crippen LogP contribution in [0.4, 0.5) is 0 Å². The normalized spacial score (nSPS) is 8.67. The van der Waals surface area contributed by atoms with Crippen LogP contribution in [0.15, 0.2) is 0 Å². The SMILES string of the molecule is COC[Si](C)=[Zr+2]. The average Bonchev–Trinajstić information content (AvgIpc) is 1.35. The minimum absolute atomic E-state index is 0.0178. The Hall–Kier alpha value is 1.06. The van der Waals surface area contributed by atoms with Crippen molar-refractivity contribution in [3.05, 3.63) is 0 Å². The van der Waals surface area contributed by atoms with Gasteiger partial charge in [0.15, 0.2) is 0 Å². The molecule has 0 saturated heterocycles. The van der Waals surface area contributed by atoms with E-state index in [0.29, 0.717) is 0 Å². The van der Waals surface area contributed by atoms with E-state index < -0.39 is 0 Å². The van der Waals surface area contributed by atoms with Gasteiger partial charge in [0.25, 0.3) is 0 Å². The summed E-state index contributed by atoms with van der Waals surface area (Å²) in [6.45, 7) is 2.27. The van der Waals surface area contributed by atoms with Gasteiger partial charge in [0.05, 0.1) is 0 Å². The van der Waals surface area contributed by atoms with Crippen LogP contribution in [0.25, 0.3) is 0 Å². The van der Waals surface area contributed by atoms with Gasteiger partial charge in [-0.1, -0.05) is 0 Å². The first-order valence-electron chi connectivity index (χ1n) is 1.80. The first-order valence-corrected chi connectivity index (χ1v) is 7.69. The van der Waals surface area contributed by atoms with Gasteiger partial charge in [0, 0.05) is 0 Å². The van der Waals surface area contributed by atoms with Crippen molar-refractivity contribution >= 4 is 5.43 Å². The predicted octanol–water partition coefficient (Wildman–Crippen LogP) is 0.340. The molecule has 0 saturated carbocycles. The molecule has 0 aliphatic carbocycles. The molecular formula is C3H8OSiZr+2. The minimum atomic E-state index is -0.0178. The van der Waals surface area contributed by atoms with Crippen molar-refractivity contribution in [1.29, 1.82) is 0 Å². The summed E-state index contributed by atoms with van der Waals surface area (Å²) in [4.78, 5) is 0.